The zero-order valence-electron chi connectivity index (χ0n) is 29.0. The van der Waals surface area contributed by atoms with Crippen LogP contribution in [-0.4, -0.2) is 9.13 Å². The van der Waals surface area contributed by atoms with Crippen molar-refractivity contribution in [3.63, 3.8) is 0 Å². The van der Waals surface area contributed by atoms with Gasteiger partial charge in [-0.3, -0.25) is 0 Å². The Kier molecular flexibility index (Phi) is 7.47. The van der Waals surface area contributed by atoms with Gasteiger partial charge in [0, 0.05) is 50.0 Å². The second kappa shape index (κ2) is 12.9. The predicted octanol–water partition coefficient (Wildman–Crippen LogP) is 13.5. The maximum absolute atomic E-state index is 2.36. The van der Waals surface area contributed by atoms with Crippen LogP contribution in [0.5, 0.6) is 0 Å². The Morgan fingerprint density at radius 2 is 0.698 bits per heavy atom. The third-order valence-corrected chi connectivity index (χ3v) is 10.3. The monoisotopic (exact) mass is 677 g/mol. The summed E-state index contributed by atoms with van der Waals surface area (Å²) in [5.74, 6) is 0. The predicted molar refractivity (Wildman–Crippen MR) is 225 cm³/mol. The normalized spacial score (nSPS) is 11.7. The summed E-state index contributed by atoms with van der Waals surface area (Å²) in [4.78, 5) is 2.34. The summed E-state index contributed by atoms with van der Waals surface area (Å²) >= 11 is 0. The molecule has 0 radical (unpaired) electrons. The molecule has 2 heterocycles. The van der Waals surface area contributed by atoms with Crippen molar-refractivity contribution in [3.8, 4) is 11.4 Å². The van der Waals surface area contributed by atoms with E-state index in [9.17, 15) is 0 Å². The molecule has 3 nitrogen and oxygen atoms in total. The zero-order chi connectivity index (χ0) is 35.1. The minimum Gasteiger partial charge on any atom is -0.310 e. The number of nitrogens with zero attached hydrogens (tertiary/aromatic N) is 3. The Bertz CT molecular complexity index is 2860. The number of para-hydroxylation sites is 5. The van der Waals surface area contributed by atoms with E-state index in [1.807, 2.05) is 0 Å². The summed E-state index contributed by atoms with van der Waals surface area (Å²) in [6.45, 7) is 0. The Labute approximate surface area is 308 Å². The summed E-state index contributed by atoms with van der Waals surface area (Å²) < 4.78 is 4.72. The second-order valence-corrected chi connectivity index (χ2v) is 13.4. The lowest BCUT2D eigenvalue weighted by Gasteiger charge is -2.25. The highest BCUT2D eigenvalue weighted by atomic mass is 15.1. The fourth-order valence-corrected chi connectivity index (χ4v) is 7.84. The Morgan fingerprint density at radius 3 is 1.26 bits per heavy atom. The molecule has 0 atom stereocenters. The van der Waals surface area contributed by atoms with Crippen molar-refractivity contribution in [2.45, 2.75) is 0 Å². The molecule has 0 unspecified atom stereocenters. The molecule has 53 heavy (non-hydrogen) atoms. The van der Waals surface area contributed by atoms with E-state index in [-0.39, 0.29) is 0 Å². The van der Waals surface area contributed by atoms with E-state index in [2.05, 4.69) is 226 Å². The number of aromatic nitrogens is 2. The highest BCUT2D eigenvalue weighted by molar-refractivity contribution is 6.11. The van der Waals surface area contributed by atoms with E-state index in [0.717, 1.165) is 39.6 Å². The van der Waals surface area contributed by atoms with Crippen LogP contribution in [0.3, 0.4) is 0 Å². The zero-order valence-corrected chi connectivity index (χ0v) is 29.0. The number of rotatable bonds is 7. The number of anilines is 3. The minimum atomic E-state index is 1.11. The number of benzene rings is 8. The van der Waals surface area contributed by atoms with E-state index in [0.29, 0.717) is 0 Å². The van der Waals surface area contributed by atoms with Crippen molar-refractivity contribution in [2.24, 2.45) is 0 Å². The molecule has 250 valence electrons. The molecule has 2 aromatic heterocycles. The first kappa shape index (κ1) is 30.7. The average Bonchev–Trinajstić information content (AvgIpc) is 3.74. The van der Waals surface area contributed by atoms with Gasteiger partial charge in [0.05, 0.1) is 22.1 Å². The molecule has 0 bridgehead atoms. The Morgan fingerprint density at radius 1 is 0.302 bits per heavy atom. The van der Waals surface area contributed by atoms with Crippen LogP contribution in [0.1, 0.15) is 11.1 Å². The molecule has 10 aromatic rings. The highest BCUT2D eigenvalue weighted by Gasteiger charge is 2.17. The van der Waals surface area contributed by atoms with Crippen LogP contribution in [0.15, 0.2) is 200 Å². The molecule has 0 spiro atoms. The van der Waals surface area contributed by atoms with Gasteiger partial charge < -0.3 is 14.0 Å². The molecule has 0 aliphatic rings. The number of hydrogen-bond donors (Lipinski definition) is 0. The van der Waals surface area contributed by atoms with E-state index in [1.165, 1.54) is 43.6 Å². The minimum absolute atomic E-state index is 1.11. The molecule has 0 aliphatic carbocycles. The molecule has 0 amide bonds. The van der Waals surface area contributed by atoms with Gasteiger partial charge in [-0.1, -0.05) is 127 Å². The highest BCUT2D eigenvalue weighted by Crippen LogP contribution is 2.40. The van der Waals surface area contributed by atoms with Crippen molar-refractivity contribution in [3.05, 3.63) is 211 Å². The standard InChI is InChI=1S/C50H35N3/c1-3-13-38(14-4-1)51(42-33-34-50-46(35-42)45-19-9-12-22-49(45)52(50)39-15-5-2-6-16-39)40-29-25-36(26-30-40)23-24-37-27-31-41(32-28-37)53-47-20-10-7-17-43(47)44-18-8-11-21-48(44)53/h1-35H. The molecule has 0 aliphatic heterocycles. The first-order valence-electron chi connectivity index (χ1n) is 18.1. The molecular formula is C50H35N3. The van der Waals surface area contributed by atoms with Crippen LogP contribution < -0.4 is 4.90 Å². The number of fused-ring (bicyclic) bond motifs is 6. The van der Waals surface area contributed by atoms with Gasteiger partial charge in [0.1, 0.15) is 0 Å². The fourth-order valence-electron chi connectivity index (χ4n) is 7.84. The molecule has 10 rings (SSSR count). The summed E-state index contributed by atoms with van der Waals surface area (Å²) in [6.07, 6.45) is 4.38. The molecule has 3 heteroatoms. The van der Waals surface area contributed by atoms with Crippen LogP contribution in [0.2, 0.25) is 0 Å². The van der Waals surface area contributed by atoms with Gasteiger partial charge in [0.2, 0.25) is 0 Å². The van der Waals surface area contributed by atoms with Crippen LogP contribution in [0.4, 0.5) is 17.1 Å². The van der Waals surface area contributed by atoms with Crippen LogP contribution in [-0.2, 0) is 0 Å². The first-order valence-corrected chi connectivity index (χ1v) is 18.1. The van der Waals surface area contributed by atoms with Gasteiger partial charge in [0.15, 0.2) is 0 Å². The van der Waals surface area contributed by atoms with E-state index >= 15 is 0 Å². The van der Waals surface area contributed by atoms with Gasteiger partial charge >= 0.3 is 0 Å². The van der Waals surface area contributed by atoms with E-state index < -0.39 is 0 Å². The van der Waals surface area contributed by atoms with Gasteiger partial charge in [0.25, 0.3) is 0 Å². The van der Waals surface area contributed by atoms with Crippen molar-refractivity contribution in [2.75, 3.05) is 4.90 Å². The smallest absolute Gasteiger partial charge is 0.0542 e. The van der Waals surface area contributed by atoms with Gasteiger partial charge in [-0.15, -0.1) is 0 Å². The lowest BCUT2D eigenvalue weighted by Crippen LogP contribution is -2.09. The fraction of sp³-hybridized carbons (Fsp3) is 0. The SMILES string of the molecule is C(=Cc1ccc(-n2c3ccccc3c3ccccc32)cc1)c1ccc(N(c2ccccc2)c2ccc3c(c2)c2ccccc2n3-c2ccccc2)cc1. The lowest BCUT2D eigenvalue weighted by molar-refractivity contribution is 1.18. The third-order valence-electron chi connectivity index (χ3n) is 10.3. The summed E-state index contributed by atoms with van der Waals surface area (Å²) in [5, 5.41) is 5.02. The van der Waals surface area contributed by atoms with Crippen molar-refractivity contribution in [1.82, 2.24) is 9.13 Å². The topological polar surface area (TPSA) is 13.1 Å². The molecule has 0 N–H and O–H groups in total. The first-order chi connectivity index (χ1) is 26.3. The maximum atomic E-state index is 2.36. The lowest BCUT2D eigenvalue weighted by atomic mass is 10.1. The quantitative estimate of drug-likeness (QED) is 0.153. The molecule has 0 fully saturated rings. The van der Waals surface area contributed by atoms with Crippen molar-refractivity contribution >= 4 is 72.8 Å². The summed E-state index contributed by atoms with van der Waals surface area (Å²) in [5.41, 5.74) is 12.8. The maximum Gasteiger partial charge on any atom is 0.0542 e. The van der Waals surface area contributed by atoms with E-state index in [4.69, 9.17) is 0 Å². The second-order valence-electron chi connectivity index (χ2n) is 13.4. The number of hydrogen-bond acceptors (Lipinski definition) is 1. The van der Waals surface area contributed by atoms with Crippen molar-refractivity contribution in [1.29, 1.82) is 0 Å². The summed E-state index contributed by atoms with van der Waals surface area (Å²) in [7, 11) is 0. The van der Waals surface area contributed by atoms with Crippen LogP contribution in [0, 0.1) is 0 Å². The molecular weight excluding hydrogens is 643 g/mol. The third kappa shape index (κ3) is 5.38. The van der Waals surface area contributed by atoms with Gasteiger partial charge in [-0.2, -0.15) is 0 Å². The van der Waals surface area contributed by atoms with Gasteiger partial charge in [-0.05, 0) is 96.1 Å². The largest absolute Gasteiger partial charge is 0.310 e. The molecule has 0 saturated heterocycles. The Balaban J connectivity index is 0.972. The summed E-state index contributed by atoms with van der Waals surface area (Å²) in [6, 6.07) is 71.7. The average molecular weight is 678 g/mol. The van der Waals surface area contributed by atoms with Gasteiger partial charge in [-0.25, -0.2) is 0 Å². The van der Waals surface area contributed by atoms with Crippen LogP contribution in [0.25, 0.3) is 67.1 Å². The van der Waals surface area contributed by atoms with Crippen molar-refractivity contribution < 1.29 is 0 Å². The molecule has 0 saturated carbocycles. The molecule has 8 aromatic carbocycles. The Hall–Kier alpha value is -7.10. The van der Waals surface area contributed by atoms with E-state index in [1.54, 1.807) is 0 Å². The van der Waals surface area contributed by atoms with Crippen LogP contribution >= 0.6 is 0 Å².